The lowest BCUT2D eigenvalue weighted by Gasteiger charge is -2.11. The normalized spacial score (nSPS) is 15.3. The third kappa shape index (κ3) is 3.12. The van der Waals surface area contributed by atoms with Crippen molar-refractivity contribution < 1.29 is 4.74 Å². The first kappa shape index (κ1) is 14.2. The van der Waals surface area contributed by atoms with Crippen molar-refractivity contribution in [1.29, 1.82) is 0 Å². The highest BCUT2D eigenvalue weighted by atomic mass is 35.5. The SMILES string of the molecule is CN(Cl)CC/C=C1\c2ccccc2COc2ccccc21. The van der Waals surface area contributed by atoms with Gasteiger partial charge in [0.25, 0.3) is 0 Å². The predicted molar refractivity (Wildman–Crippen MR) is 87.4 cm³/mol. The van der Waals surface area contributed by atoms with E-state index in [9.17, 15) is 0 Å². The zero-order valence-corrected chi connectivity index (χ0v) is 12.8. The van der Waals surface area contributed by atoms with Gasteiger partial charge in [-0.05, 0) is 41.0 Å². The maximum atomic E-state index is 5.96. The zero-order valence-electron chi connectivity index (χ0n) is 12.1. The number of hydrogen-bond donors (Lipinski definition) is 0. The van der Waals surface area contributed by atoms with Crippen LogP contribution in [0.4, 0.5) is 0 Å². The molecule has 108 valence electrons. The van der Waals surface area contributed by atoms with Crippen LogP contribution in [0.2, 0.25) is 0 Å². The largest absolute Gasteiger partial charge is 0.488 e. The molecule has 2 aromatic carbocycles. The van der Waals surface area contributed by atoms with Gasteiger partial charge in [-0.25, -0.2) is 4.42 Å². The summed E-state index contributed by atoms with van der Waals surface area (Å²) in [4.78, 5) is 0. The second-order valence-corrected chi connectivity index (χ2v) is 5.75. The molecule has 0 atom stereocenters. The van der Waals surface area contributed by atoms with E-state index < -0.39 is 0 Å². The van der Waals surface area contributed by atoms with Gasteiger partial charge in [-0.2, -0.15) is 0 Å². The maximum Gasteiger partial charge on any atom is 0.127 e. The summed E-state index contributed by atoms with van der Waals surface area (Å²) in [6.07, 6.45) is 3.16. The van der Waals surface area contributed by atoms with E-state index >= 15 is 0 Å². The average molecular weight is 300 g/mol. The van der Waals surface area contributed by atoms with E-state index in [2.05, 4.69) is 42.5 Å². The first-order valence-electron chi connectivity index (χ1n) is 7.13. The highest BCUT2D eigenvalue weighted by molar-refractivity contribution is 6.13. The molecule has 0 spiro atoms. The van der Waals surface area contributed by atoms with Crippen LogP contribution in [-0.2, 0) is 6.61 Å². The van der Waals surface area contributed by atoms with Gasteiger partial charge in [0, 0.05) is 19.2 Å². The van der Waals surface area contributed by atoms with Crippen LogP contribution in [-0.4, -0.2) is 18.0 Å². The standard InChI is InChI=1S/C18H18ClNO/c1-20(19)12-6-10-16-15-8-3-2-7-14(15)13-21-18-11-5-4-9-17(16)18/h2-5,7-11H,6,12-13H2,1H3/b16-10+. The molecule has 2 aromatic rings. The smallest absolute Gasteiger partial charge is 0.127 e. The van der Waals surface area contributed by atoms with Gasteiger partial charge in [-0.1, -0.05) is 48.5 Å². The Hall–Kier alpha value is -1.77. The number of para-hydroxylation sites is 1. The fourth-order valence-corrected chi connectivity index (χ4v) is 2.73. The highest BCUT2D eigenvalue weighted by Crippen LogP contribution is 2.36. The van der Waals surface area contributed by atoms with Gasteiger partial charge in [0.1, 0.15) is 12.4 Å². The molecule has 0 bridgehead atoms. The van der Waals surface area contributed by atoms with Crippen molar-refractivity contribution in [2.75, 3.05) is 13.6 Å². The van der Waals surface area contributed by atoms with E-state index in [0.717, 1.165) is 24.3 Å². The summed E-state index contributed by atoms with van der Waals surface area (Å²) >= 11 is 5.91. The van der Waals surface area contributed by atoms with E-state index in [1.807, 2.05) is 19.2 Å². The number of benzene rings is 2. The third-order valence-corrected chi connectivity index (χ3v) is 3.82. The number of nitrogens with zero attached hydrogens (tertiary/aromatic N) is 1. The molecule has 0 aliphatic carbocycles. The van der Waals surface area contributed by atoms with Crippen molar-refractivity contribution in [3.63, 3.8) is 0 Å². The lowest BCUT2D eigenvalue weighted by molar-refractivity contribution is 0.307. The van der Waals surface area contributed by atoms with E-state index in [4.69, 9.17) is 16.5 Å². The summed E-state index contributed by atoms with van der Waals surface area (Å²) in [5.41, 5.74) is 4.86. The minimum absolute atomic E-state index is 0.611. The van der Waals surface area contributed by atoms with Gasteiger partial charge in [0.2, 0.25) is 0 Å². The second-order valence-electron chi connectivity index (χ2n) is 5.18. The fraction of sp³-hybridized carbons (Fsp3) is 0.222. The van der Waals surface area contributed by atoms with Crippen LogP contribution in [0.25, 0.3) is 5.57 Å². The summed E-state index contributed by atoms with van der Waals surface area (Å²) in [6.45, 7) is 1.43. The molecule has 1 aliphatic rings. The Labute approximate surface area is 130 Å². The third-order valence-electron chi connectivity index (χ3n) is 3.65. The highest BCUT2D eigenvalue weighted by Gasteiger charge is 2.17. The Morgan fingerprint density at radius 2 is 1.81 bits per heavy atom. The molecule has 0 unspecified atom stereocenters. The van der Waals surface area contributed by atoms with Crippen LogP contribution in [0.3, 0.4) is 0 Å². The van der Waals surface area contributed by atoms with Gasteiger partial charge >= 0.3 is 0 Å². The van der Waals surface area contributed by atoms with Gasteiger partial charge in [0.15, 0.2) is 0 Å². The minimum atomic E-state index is 0.611. The Morgan fingerprint density at radius 1 is 1.10 bits per heavy atom. The molecule has 1 aliphatic heterocycles. The van der Waals surface area contributed by atoms with E-state index in [-0.39, 0.29) is 0 Å². The Morgan fingerprint density at radius 3 is 2.62 bits per heavy atom. The molecule has 2 nitrogen and oxygen atoms in total. The van der Waals surface area contributed by atoms with E-state index in [1.165, 1.54) is 16.7 Å². The fourth-order valence-electron chi connectivity index (χ4n) is 2.63. The molecule has 1 heterocycles. The minimum Gasteiger partial charge on any atom is -0.488 e. The number of hydrogen-bond acceptors (Lipinski definition) is 2. The molecule has 0 saturated heterocycles. The molecule has 3 rings (SSSR count). The summed E-state index contributed by atoms with van der Waals surface area (Å²) < 4.78 is 7.64. The van der Waals surface area contributed by atoms with Crippen molar-refractivity contribution in [2.24, 2.45) is 0 Å². The Kier molecular flexibility index (Phi) is 4.28. The summed E-state index contributed by atoms with van der Waals surface area (Å²) in [5, 5.41) is 0. The lowest BCUT2D eigenvalue weighted by atomic mass is 9.93. The van der Waals surface area contributed by atoms with Crippen LogP contribution in [0.5, 0.6) is 5.75 Å². The molecule has 0 amide bonds. The quantitative estimate of drug-likeness (QED) is 0.775. The first-order chi connectivity index (χ1) is 10.3. The average Bonchev–Trinajstić information content (AvgIpc) is 2.65. The van der Waals surface area contributed by atoms with Crippen molar-refractivity contribution in [3.05, 3.63) is 71.3 Å². The van der Waals surface area contributed by atoms with E-state index in [1.54, 1.807) is 4.42 Å². The van der Waals surface area contributed by atoms with Crippen molar-refractivity contribution in [2.45, 2.75) is 13.0 Å². The molecule has 0 aromatic heterocycles. The van der Waals surface area contributed by atoms with Crippen molar-refractivity contribution in [3.8, 4) is 5.75 Å². The summed E-state index contributed by atoms with van der Waals surface area (Å²) in [6, 6.07) is 16.6. The topological polar surface area (TPSA) is 12.5 Å². The molecular formula is C18H18ClNO. The van der Waals surface area contributed by atoms with Crippen LogP contribution >= 0.6 is 11.8 Å². The molecule has 0 fully saturated rings. The predicted octanol–water partition coefficient (Wildman–Crippen LogP) is 4.49. The molecule has 0 N–H and O–H groups in total. The molecule has 0 saturated carbocycles. The molecule has 3 heteroatoms. The van der Waals surface area contributed by atoms with Gasteiger partial charge in [-0.3, -0.25) is 0 Å². The summed E-state index contributed by atoms with van der Waals surface area (Å²) in [5.74, 6) is 0.944. The van der Waals surface area contributed by atoms with Gasteiger partial charge in [0.05, 0.1) is 0 Å². The van der Waals surface area contributed by atoms with Crippen LogP contribution in [0.1, 0.15) is 23.1 Å². The summed E-state index contributed by atoms with van der Waals surface area (Å²) in [7, 11) is 1.87. The van der Waals surface area contributed by atoms with Crippen LogP contribution < -0.4 is 4.74 Å². The number of fused-ring (bicyclic) bond motifs is 2. The monoisotopic (exact) mass is 299 g/mol. The van der Waals surface area contributed by atoms with E-state index in [0.29, 0.717) is 6.61 Å². The number of halogens is 1. The van der Waals surface area contributed by atoms with Crippen molar-refractivity contribution in [1.82, 2.24) is 4.42 Å². The molecule has 0 radical (unpaired) electrons. The zero-order chi connectivity index (χ0) is 14.7. The Balaban J connectivity index is 2.07. The first-order valence-corrected chi connectivity index (χ1v) is 7.47. The lowest BCUT2D eigenvalue weighted by Crippen LogP contribution is -2.05. The number of rotatable bonds is 3. The molecular weight excluding hydrogens is 282 g/mol. The van der Waals surface area contributed by atoms with Crippen LogP contribution in [0.15, 0.2) is 54.6 Å². The van der Waals surface area contributed by atoms with Gasteiger partial charge in [-0.15, -0.1) is 0 Å². The van der Waals surface area contributed by atoms with Crippen LogP contribution in [0, 0.1) is 0 Å². The van der Waals surface area contributed by atoms with Crippen molar-refractivity contribution >= 4 is 17.3 Å². The molecule has 21 heavy (non-hydrogen) atoms. The Bertz CT molecular complexity index is 614. The van der Waals surface area contributed by atoms with Gasteiger partial charge < -0.3 is 4.74 Å². The number of ether oxygens (including phenoxy) is 1. The maximum absolute atomic E-state index is 5.96. The second kappa shape index (κ2) is 6.33.